The molecular weight excluding hydrogens is 398 g/mol. The molecule has 1 heterocycles. The number of carbonyl (C=O) groups is 2. The van der Waals surface area contributed by atoms with Crippen molar-refractivity contribution in [2.24, 2.45) is 0 Å². The molecule has 1 aromatic heterocycles. The van der Waals surface area contributed by atoms with Crippen LogP contribution in [-0.2, 0) is 22.4 Å². The van der Waals surface area contributed by atoms with Gasteiger partial charge < -0.3 is 20.1 Å². The molecule has 1 aromatic carbocycles. The van der Waals surface area contributed by atoms with E-state index in [2.05, 4.69) is 10.6 Å². The number of thiophene rings is 1. The number of nitro groups is 1. The van der Waals surface area contributed by atoms with Crippen molar-refractivity contribution >= 4 is 39.6 Å². The van der Waals surface area contributed by atoms with Gasteiger partial charge in [0.15, 0.2) is 0 Å². The summed E-state index contributed by atoms with van der Waals surface area (Å²) in [5, 5.41) is 17.1. The average molecular weight is 419 g/mol. The third kappa shape index (κ3) is 4.48. The number of carbonyl (C=O) groups excluding carboxylic acids is 2. The Morgan fingerprint density at radius 2 is 2.10 bits per heavy atom. The van der Waals surface area contributed by atoms with Crippen LogP contribution in [0.15, 0.2) is 18.2 Å². The molecule has 0 saturated heterocycles. The smallest absolute Gasteiger partial charge is 0.341 e. The van der Waals surface area contributed by atoms with E-state index >= 15 is 0 Å². The molecule has 2 N–H and O–H groups in total. The van der Waals surface area contributed by atoms with E-state index in [1.165, 1.54) is 36.6 Å². The number of fused-ring (bicyclic) bond motifs is 1. The first-order valence-corrected chi connectivity index (χ1v) is 9.94. The van der Waals surface area contributed by atoms with Gasteiger partial charge in [0.2, 0.25) is 5.91 Å². The molecule has 0 unspecified atom stereocenters. The van der Waals surface area contributed by atoms with Crippen LogP contribution in [0.1, 0.15) is 34.1 Å². The Morgan fingerprint density at radius 3 is 2.79 bits per heavy atom. The van der Waals surface area contributed by atoms with Gasteiger partial charge in [0, 0.05) is 17.0 Å². The van der Waals surface area contributed by atoms with Gasteiger partial charge in [-0.3, -0.25) is 14.9 Å². The molecule has 0 spiro atoms. The predicted molar refractivity (Wildman–Crippen MR) is 109 cm³/mol. The molecule has 154 valence electrons. The lowest BCUT2D eigenvalue weighted by molar-refractivity contribution is -0.384. The number of benzene rings is 1. The summed E-state index contributed by atoms with van der Waals surface area (Å²) in [6.45, 7) is 1.84. The Balaban J connectivity index is 1.73. The van der Waals surface area contributed by atoms with Gasteiger partial charge >= 0.3 is 5.97 Å². The number of ether oxygens (including phenoxy) is 2. The van der Waals surface area contributed by atoms with E-state index in [0.717, 1.165) is 29.7 Å². The third-order valence-electron chi connectivity index (χ3n) is 4.49. The molecule has 10 heteroatoms. The summed E-state index contributed by atoms with van der Waals surface area (Å²) in [6, 6.07) is 4.08. The van der Waals surface area contributed by atoms with E-state index in [0.29, 0.717) is 22.0 Å². The van der Waals surface area contributed by atoms with Crippen molar-refractivity contribution in [2.75, 3.05) is 30.9 Å². The van der Waals surface area contributed by atoms with Crippen molar-refractivity contribution in [3.05, 3.63) is 44.3 Å². The number of hydrogen-bond acceptors (Lipinski definition) is 8. The molecule has 1 aliphatic rings. The van der Waals surface area contributed by atoms with E-state index < -0.39 is 10.9 Å². The fraction of sp³-hybridized carbons (Fsp3) is 0.368. The molecule has 9 nitrogen and oxygen atoms in total. The minimum atomic E-state index is -0.524. The quantitative estimate of drug-likeness (QED) is 0.382. The van der Waals surface area contributed by atoms with Crippen molar-refractivity contribution in [3.63, 3.8) is 0 Å². The van der Waals surface area contributed by atoms with Gasteiger partial charge in [-0.1, -0.05) is 0 Å². The lowest BCUT2D eigenvalue weighted by Crippen LogP contribution is -2.23. The zero-order valence-corrected chi connectivity index (χ0v) is 16.9. The van der Waals surface area contributed by atoms with Crippen LogP contribution in [0.5, 0.6) is 5.75 Å². The van der Waals surface area contributed by atoms with E-state index in [4.69, 9.17) is 9.47 Å². The maximum absolute atomic E-state index is 12.5. The Kier molecular flexibility index (Phi) is 6.32. The maximum Gasteiger partial charge on any atom is 0.341 e. The maximum atomic E-state index is 12.5. The molecule has 29 heavy (non-hydrogen) atoms. The summed E-state index contributed by atoms with van der Waals surface area (Å²) in [7, 11) is 1.44. The molecule has 1 amide bonds. The SMILES string of the molecule is CCOC(=O)c1c(NC(=O)CNc2cc([N+](=O)[O-])ccc2OC)sc2c1CCC2. The standard InChI is InChI=1S/C19H21N3O6S/c1-3-28-19(24)17-12-5-4-6-15(12)29-18(17)21-16(23)10-20-13-9-11(22(25)26)7-8-14(13)27-2/h7-9,20H,3-6,10H2,1-2H3,(H,21,23). The highest BCUT2D eigenvalue weighted by molar-refractivity contribution is 7.17. The number of esters is 1. The number of anilines is 2. The second-order valence-electron chi connectivity index (χ2n) is 6.33. The Bertz CT molecular complexity index is 956. The van der Waals surface area contributed by atoms with E-state index in [1.807, 2.05) is 0 Å². The Labute approximate surface area is 171 Å². The van der Waals surface area contributed by atoms with E-state index in [1.54, 1.807) is 6.92 Å². The van der Waals surface area contributed by atoms with Crippen molar-refractivity contribution in [1.82, 2.24) is 0 Å². The molecule has 3 rings (SSSR count). The number of nitrogens with zero attached hydrogens (tertiary/aromatic N) is 1. The summed E-state index contributed by atoms with van der Waals surface area (Å²) in [5.74, 6) is -0.440. The van der Waals surface area contributed by atoms with Crippen molar-refractivity contribution in [2.45, 2.75) is 26.2 Å². The fourth-order valence-corrected chi connectivity index (χ4v) is 4.50. The molecule has 0 saturated carbocycles. The van der Waals surface area contributed by atoms with E-state index in [9.17, 15) is 19.7 Å². The zero-order valence-electron chi connectivity index (χ0n) is 16.1. The van der Waals surface area contributed by atoms with E-state index in [-0.39, 0.29) is 24.7 Å². The van der Waals surface area contributed by atoms with Crippen LogP contribution in [0.25, 0.3) is 0 Å². The lowest BCUT2D eigenvalue weighted by atomic mass is 10.1. The summed E-state index contributed by atoms with van der Waals surface area (Å²) in [5.41, 5.74) is 1.60. The van der Waals surface area contributed by atoms with Gasteiger partial charge in [-0.25, -0.2) is 4.79 Å². The van der Waals surface area contributed by atoms with Crippen LogP contribution in [0.2, 0.25) is 0 Å². The molecule has 0 bridgehead atoms. The first-order valence-electron chi connectivity index (χ1n) is 9.12. The molecule has 0 atom stereocenters. The van der Waals surface area contributed by atoms with Gasteiger partial charge in [0.05, 0.1) is 36.4 Å². The van der Waals surface area contributed by atoms with Gasteiger partial charge in [-0.2, -0.15) is 0 Å². The summed E-state index contributed by atoms with van der Waals surface area (Å²) < 4.78 is 10.3. The van der Waals surface area contributed by atoms with Crippen molar-refractivity contribution in [3.8, 4) is 5.75 Å². The van der Waals surface area contributed by atoms with Crippen LogP contribution >= 0.6 is 11.3 Å². The number of nitrogens with one attached hydrogen (secondary N) is 2. The van der Waals surface area contributed by atoms with Gasteiger partial charge in [-0.05, 0) is 37.8 Å². The first kappa shape index (κ1) is 20.6. The Hall–Kier alpha value is -3.14. The van der Waals surface area contributed by atoms with Gasteiger partial charge in [-0.15, -0.1) is 11.3 Å². The lowest BCUT2D eigenvalue weighted by Gasteiger charge is -2.11. The summed E-state index contributed by atoms with van der Waals surface area (Å²) in [4.78, 5) is 36.4. The molecule has 0 fully saturated rings. The molecule has 2 aromatic rings. The monoisotopic (exact) mass is 419 g/mol. The number of rotatable bonds is 8. The average Bonchev–Trinajstić information content (AvgIpc) is 3.26. The largest absolute Gasteiger partial charge is 0.495 e. The fourth-order valence-electron chi connectivity index (χ4n) is 3.21. The number of amides is 1. The van der Waals surface area contributed by atoms with Gasteiger partial charge in [0.25, 0.3) is 5.69 Å². The minimum Gasteiger partial charge on any atom is -0.495 e. The molecule has 1 aliphatic carbocycles. The van der Waals surface area contributed by atoms with Crippen LogP contribution in [0.4, 0.5) is 16.4 Å². The first-order chi connectivity index (χ1) is 13.9. The number of aryl methyl sites for hydroxylation is 1. The van der Waals surface area contributed by atoms with Crippen LogP contribution in [0.3, 0.4) is 0 Å². The van der Waals surface area contributed by atoms with Crippen LogP contribution in [-0.4, -0.2) is 37.1 Å². The molecule has 0 radical (unpaired) electrons. The Morgan fingerprint density at radius 1 is 1.31 bits per heavy atom. The topological polar surface area (TPSA) is 120 Å². The second kappa shape index (κ2) is 8.91. The third-order valence-corrected chi connectivity index (χ3v) is 5.69. The van der Waals surface area contributed by atoms with Crippen molar-refractivity contribution < 1.29 is 24.0 Å². The normalized spacial score (nSPS) is 12.2. The number of hydrogen-bond donors (Lipinski definition) is 2. The highest BCUT2D eigenvalue weighted by Gasteiger charge is 2.28. The number of non-ortho nitro benzene ring substituents is 1. The summed E-state index contributed by atoms with van der Waals surface area (Å²) in [6.07, 6.45) is 2.65. The molecular formula is C19H21N3O6S. The second-order valence-corrected chi connectivity index (χ2v) is 7.43. The van der Waals surface area contributed by atoms with Crippen LogP contribution in [0, 0.1) is 10.1 Å². The predicted octanol–water partition coefficient (Wildman–Crippen LogP) is 3.38. The zero-order chi connectivity index (χ0) is 21.0. The number of nitro benzene ring substituents is 1. The van der Waals surface area contributed by atoms with Crippen LogP contribution < -0.4 is 15.4 Å². The van der Waals surface area contributed by atoms with Gasteiger partial charge in [0.1, 0.15) is 10.8 Å². The highest BCUT2D eigenvalue weighted by atomic mass is 32.1. The number of methoxy groups -OCH3 is 1. The van der Waals surface area contributed by atoms with Crippen molar-refractivity contribution in [1.29, 1.82) is 0 Å². The minimum absolute atomic E-state index is 0.118. The summed E-state index contributed by atoms with van der Waals surface area (Å²) >= 11 is 1.39. The highest BCUT2D eigenvalue weighted by Crippen LogP contribution is 2.39. The molecule has 0 aliphatic heterocycles.